The summed E-state index contributed by atoms with van der Waals surface area (Å²) in [6.45, 7) is 23.9. The summed E-state index contributed by atoms with van der Waals surface area (Å²) < 4.78 is 6.32. The predicted octanol–water partition coefficient (Wildman–Crippen LogP) is 4.28. The lowest BCUT2D eigenvalue weighted by Gasteiger charge is -2.35. The van der Waals surface area contributed by atoms with E-state index in [9.17, 15) is 0 Å². The van der Waals surface area contributed by atoms with Crippen LogP contribution in [0.2, 0.25) is 18.1 Å². The van der Waals surface area contributed by atoms with Crippen LogP contribution in [0.15, 0.2) is 12.7 Å². The fourth-order valence-electron chi connectivity index (χ4n) is 2.42. The van der Waals surface area contributed by atoms with Crippen molar-refractivity contribution in [2.24, 2.45) is 0 Å². The molecule has 0 amide bonds. The molecule has 0 spiro atoms. The summed E-state index contributed by atoms with van der Waals surface area (Å²) in [5, 5.41) is 6.16. The lowest BCUT2D eigenvalue weighted by Crippen LogP contribution is -2.40. The highest BCUT2D eigenvalue weighted by Crippen LogP contribution is 2.39. The van der Waals surface area contributed by atoms with Gasteiger partial charge in [0.25, 0.3) is 0 Å². The number of aromatic nitrogens is 1. The number of hydroxylamine groups is 2. The van der Waals surface area contributed by atoms with E-state index in [1.165, 1.54) is 0 Å². The number of rotatable bonds is 7. The molecule has 1 aliphatic heterocycles. The largest absolute Gasteiger partial charge is 0.410 e. The molecule has 26 heavy (non-hydrogen) atoms. The number of hydrogen-bond donors (Lipinski definition) is 1. The number of thiazole rings is 1. The van der Waals surface area contributed by atoms with Crippen LogP contribution in [0.4, 0.5) is 0 Å². The molecule has 2 atom stereocenters. The maximum absolute atomic E-state index is 7.45. The maximum atomic E-state index is 7.45. The molecule has 0 saturated carbocycles. The number of nitrogens with one attached hydrogen (secondary N) is 1. The Morgan fingerprint density at radius 2 is 2.19 bits per heavy atom. The Morgan fingerprint density at radius 1 is 1.50 bits per heavy atom. The summed E-state index contributed by atoms with van der Waals surface area (Å²) in [5.74, 6) is 0. The summed E-state index contributed by atoms with van der Waals surface area (Å²) in [6.07, 6.45) is 1.33. The molecule has 0 aliphatic carbocycles. The zero-order valence-corrected chi connectivity index (χ0v) is 18.4. The van der Waals surface area contributed by atoms with Gasteiger partial charge in [-0.1, -0.05) is 26.8 Å². The SMILES string of the molecule is [C-]#[N+]C1NCC(N(C)OCC=C)c2sc(CO[Si](C)(C)C(C)(C)C)nc21. The van der Waals surface area contributed by atoms with Crippen LogP contribution in [0.25, 0.3) is 4.85 Å². The fourth-order valence-corrected chi connectivity index (χ4v) is 4.60. The molecule has 0 bridgehead atoms. The molecule has 0 aromatic carbocycles. The molecule has 0 saturated heterocycles. The Morgan fingerprint density at radius 3 is 2.77 bits per heavy atom. The molecule has 144 valence electrons. The molecule has 1 aliphatic rings. The molecule has 6 nitrogen and oxygen atoms in total. The van der Waals surface area contributed by atoms with E-state index >= 15 is 0 Å². The van der Waals surface area contributed by atoms with Gasteiger partial charge < -0.3 is 4.43 Å². The Kier molecular flexibility index (Phi) is 6.77. The van der Waals surface area contributed by atoms with Crippen molar-refractivity contribution in [1.82, 2.24) is 15.4 Å². The molecule has 1 aromatic heterocycles. The monoisotopic (exact) mass is 394 g/mol. The lowest BCUT2D eigenvalue weighted by atomic mass is 10.1. The van der Waals surface area contributed by atoms with Gasteiger partial charge in [0.05, 0.1) is 24.1 Å². The molecular weight excluding hydrogens is 364 g/mol. The van der Waals surface area contributed by atoms with Crippen LogP contribution >= 0.6 is 11.3 Å². The van der Waals surface area contributed by atoms with E-state index in [0.717, 1.165) is 15.6 Å². The molecule has 0 radical (unpaired) electrons. The highest BCUT2D eigenvalue weighted by molar-refractivity contribution is 7.11. The standard InChI is InChI=1S/C18H30N4O2SSi/c1-9-10-23-22(6)13-11-20-17(19-5)15-16(13)25-14(21-15)12-24-26(7,8)18(2,3)4/h9,13,17,20H,1,10-12H2,2-4,6-8H3. The average molecular weight is 395 g/mol. The number of likely N-dealkylation sites (N-methyl/N-ethyl adjacent to an activating group) is 1. The second-order valence-corrected chi connectivity index (χ2v) is 13.9. The van der Waals surface area contributed by atoms with Gasteiger partial charge in [-0.05, 0) is 18.1 Å². The van der Waals surface area contributed by atoms with Gasteiger partial charge in [-0.15, -0.1) is 17.9 Å². The van der Waals surface area contributed by atoms with Gasteiger partial charge in [0.15, 0.2) is 14.0 Å². The molecule has 8 heteroatoms. The van der Waals surface area contributed by atoms with E-state index < -0.39 is 14.5 Å². The van der Waals surface area contributed by atoms with E-state index in [-0.39, 0.29) is 11.1 Å². The zero-order valence-electron chi connectivity index (χ0n) is 16.6. The molecule has 2 unspecified atom stereocenters. The van der Waals surface area contributed by atoms with Gasteiger partial charge in [0, 0.05) is 13.6 Å². The topological polar surface area (TPSA) is 51.0 Å². The van der Waals surface area contributed by atoms with E-state index in [0.29, 0.717) is 19.8 Å². The first kappa shape index (κ1) is 21.2. The van der Waals surface area contributed by atoms with Gasteiger partial charge >= 0.3 is 6.17 Å². The summed E-state index contributed by atoms with van der Waals surface area (Å²) in [6, 6.07) is 0.0297. The van der Waals surface area contributed by atoms with Crippen molar-refractivity contribution in [2.45, 2.75) is 57.7 Å². The molecule has 2 rings (SSSR count). The summed E-state index contributed by atoms with van der Waals surface area (Å²) in [4.78, 5) is 15.2. The minimum absolute atomic E-state index is 0.0297. The maximum Gasteiger partial charge on any atom is 0.321 e. The van der Waals surface area contributed by atoms with Gasteiger partial charge in [0.2, 0.25) is 0 Å². The van der Waals surface area contributed by atoms with Crippen molar-refractivity contribution in [3.05, 3.63) is 39.7 Å². The first-order chi connectivity index (χ1) is 12.1. The van der Waals surface area contributed by atoms with Crippen LogP contribution in [0.1, 0.15) is 48.6 Å². The average Bonchev–Trinajstić information content (AvgIpc) is 3.00. The highest BCUT2D eigenvalue weighted by atomic mass is 32.1. The second-order valence-electron chi connectivity index (χ2n) is 7.99. The van der Waals surface area contributed by atoms with Crippen molar-refractivity contribution >= 4 is 19.7 Å². The van der Waals surface area contributed by atoms with Crippen LogP contribution in [-0.4, -0.2) is 38.6 Å². The van der Waals surface area contributed by atoms with Gasteiger partial charge in [-0.2, -0.15) is 5.06 Å². The van der Waals surface area contributed by atoms with E-state index in [1.54, 1.807) is 17.4 Å². The van der Waals surface area contributed by atoms with Gasteiger partial charge in [0.1, 0.15) is 5.01 Å². The number of nitrogens with zero attached hydrogens (tertiary/aromatic N) is 3. The van der Waals surface area contributed by atoms with Crippen molar-refractivity contribution in [3.8, 4) is 0 Å². The minimum atomic E-state index is -1.84. The van der Waals surface area contributed by atoms with Crippen molar-refractivity contribution in [1.29, 1.82) is 0 Å². The van der Waals surface area contributed by atoms with E-state index in [2.05, 4.69) is 50.6 Å². The highest BCUT2D eigenvalue weighted by Gasteiger charge is 2.39. The van der Waals surface area contributed by atoms with Gasteiger partial charge in [-0.25, -0.2) is 16.9 Å². The quantitative estimate of drug-likeness (QED) is 0.324. The third-order valence-electron chi connectivity index (χ3n) is 5.12. The predicted molar refractivity (Wildman–Crippen MR) is 108 cm³/mol. The second kappa shape index (κ2) is 8.29. The van der Waals surface area contributed by atoms with Crippen molar-refractivity contribution in [2.75, 3.05) is 20.2 Å². The molecule has 1 N–H and O–H groups in total. The Balaban J connectivity index is 2.21. The number of fused-ring (bicyclic) bond motifs is 1. The molecule has 1 aromatic rings. The molecule has 0 fully saturated rings. The van der Waals surface area contributed by atoms with Crippen LogP contribution in [-0.2, 0) is 15.9 Å². The minimum Gasteiger partial charge on any atom is -0.410 e. The number of hydrogen-bond acceptors (Lipinski definition) is 6. The molecule has 2 heterocycles. The first-order valence-electron chi connectivity index (χ1n) is 8.80. The van der Waals surface area contributed by atoms with Crippen LogP contribution in [0.5, 0.6) is 0 Å². The normalized spacial score (nSPS) is 20.7. The summed E-state index contributed by atoms with van der Waals surface area (Å²) >= 11 is 1.63. The van der Waals surface area contributed by atoms with Crippen molar-refractivity contribution < 1.29 is 9.26 Å². The third kappa shape index (κ3) is 4.60. The summed E-state index contributed by atoms with van der Waals surface area (Å²) in [5.41, 5.74) is 0.809. The Hall–Kier alpha value is -1.08. The smallest absolute Gasteiger partial charge is 0.321 e. The lowest BCUT2D eigenvalue weighted by molar-refractivity contribution is -0.159. The Bertz CT molecular complexity index is 678. The first-order valence-corrected chi connectivity index (χ1v) is 12.5. The van der Waals surface area contributed by atoms with Crippen LogP contribution in [0.3, 0.4) is 0 Å². The van der Waals surface area contributed by atoms with Crippen molar-refractivity contribution in [3.63, 3.8) is 0 Å². The van der Waals surface area contributed by atoms with E-state index in [1.807, 2.05) is 12.1 Å². The van der Waals surface area contributed by atoms with Crippen LogP contribution in [0, 0.1) is 6.57 Å². The zero-order chi connectivity index (χ0) is 19.5. The fraction of sp³-hybridized carbons (Fsp3) is 0.667. The van der Waals surface area contributed by atoms with E-state index in [4.69, 9.17) is 20.8 Å². The Labute approximate surface area is 162 Å². The molecular formula is C18H30N4O2SSi. The van der Waals surface area contributed by atoms with Crippen LogP contribution < -0.4 is 5.32 Å². The van der Waals surface area contributed by atoms with Gasteiger partial charge in [-0.3, -0.25) is 9.68 Å². The third-order valence-corrected chi connectivity index (χ3v) is 10.7. The summed E-state index contributed by atoms with van der Waals surface area (Å²) in [7, 11) is 0.0681.